The summed E-state index contributed by atoms with van der Waals surface area (Å²) in [6.07, 6.45) is -11.5. The van der Waals surface area contributed by atoms with Gasteiger partial charge < -0.3 is 10.6 Å². The van der Waals surface area contributed by atoms with Gasteiger partial charge in [0.15, 0.2) is 0 Å². The molecule has 2 N–H and O–H groups in total. The van der Waals surface area contributed by atoms with E-state index in [0.29, 0.717) is 0 Å². The smallest absolute Gasteiger partial charge is 0.397 e. The van der Waals surface area contributed by atoms with Crippen molar-refractivity contribution in [2.24, 2.45) is 5.92 Å². The monoisotopic (exact) mass is 300 g/mol. The maximum atomic E-state index is 12.4. The number of carbonyl (C=O) groups excluding carboxylic acids is 1. The van der Waals surface area contributed by atoms with Crippen molar-refractivity contribution in [1.82, 2.24) is 0 Å². The van der Waals surface area contributed by atoms with Crippen LogP contribution in [-0.2, 0) is 4.79 Å². The average molecular weight is 300 g/mol. The summed E-state index contributed by atoms with van der Waals surface area (Å²) in [5.74, 6) is -6.22. The summed E-state index contributed by atoms with van der Waals surface area (Å²) in [5.41, 5.74) is 5.09. The minimum absolute atomic E-state index is 0.105. The summed E-state index contributed by atoms with van der Waals surface area (Å²) >= 11 is 0. The van der Waals surface area contributed by atoms with Crippen LogP contribution in [-0.4, -0.2) is 25.3 Å². The lowest BCUT2D eigenvalue weighted by Crippen LogP contribution is -2.48. The molecule has 0 atom stereocenters. The fraction of sp³-hybridized carbons (Fsp3) is 0.364. The Bertz CT molecular complexity index is 482. The molecule has 1 aromatic rings. The standard InChI is InChI=1S/C11H10F6N2O/c1-19(7-5-3-2-4-6(7)18)9(20)8(10(12,13)14)11(15,16)17/h2-5,8H,18H2,1H3. The molecule has 0 aliphatic carbocycles. The van der Waals surface area contributed by atoms with Crippen molar-refractivity contribution in [3.05, 3.63) is 24.3 Å². The summed E-state index contributed by atoms with van der Waals surface area (Å²) in [7, 11) is 0.804. The van der Waals surface area contributed by atoms with E-state index in [4.69, 9.17) is 5.73 Å². The SMILES string of the molecule is CN(C(=O)C(C(F)(F)F)C(F)(F)F)c1ccccc1N. The van der Waals surface area contributed by atoms with E-state index in [1.54, 1.807) is 0 Å². The van der Waals surface area contributed by atoms with Crippen molar-refractivity contribution >= 4 is 17.3 Å². The van der Waals surface area contributed by atoms with Crippen molar-refractivity contribution in [3.8, 4) is 0 Å². The first kappa shape index (κ1) is 16.1. The van der Waals surface area contributed by atoms with Gasteiger partial charge in [0.25, 0.3) is 0 Å². The second-order valence-electron chi connectivity index (χ2n) is 3.97. The topological polar surface area (TPSA) is 46.3 Å². The summed E-state index contributed by atoms with van der Waals surface area (Å²) in [6, 6.07) is 5.18. The fourth-order valence-corrected chi connectivity index (χ4v) is 1.57. The number of hydrogen-bond donors (Lipinski definition) is 1. The second kappa shape index (κ2) is 5.22. The van der Waals surface area contributed by atoms with E-state index in [-0.39, 0.29) is 16.3 Å². The third kappa shape index (κ3) is 3.34. The van der Waals surface area contributed by atoms with Crippen molar-refractivity contribution in [2.75, 3.05) is 17.7 Å². The van der Waals surface area contributed by atoms with Gasteiger partial charge in [0.05, 0.1) is 11.4 Å². The zero-order chi connectivity index (χ0) is 15.7. The Morgan fingerprint density at radius 2 is 1.55 bits per heavy atom. The van der Waals surface area contributed by atoms with Gasteiger partial charge in [0, 0.05) is 7.05 Å². The maximum Gasteiger partial charge on any atom is 0.409 e. The average Bonchev–Trinajstić information content (AvgIpc) is 2.24. The van der Waals surface area contributed by atoms with E-state index >= 15 is 0 Å². The number of amides is 1. The summed E-state index contributed by atoms with van der Waals surface area (Å²) in [6.45, 7) is 0. The molecule has 0 aliphatic heterocycles. The molecule has 0 saturated heterocycles. The third-order valence-corrected chi connectivity index (χ3v) is 2.53. The number of rotatable bonds is 2. The Labute approximate surface area is 110 Å². The molecule has 0 aliphatic rings. The Kier molecular flexibility index (Phi) is 4.21. The predicted octanol–water partition coefficient (Wildman–Crippen LogP) is 2.97. The Balaban J connectivity index is 3.18. The molecule has 20 heavy (non-hydrogen) atoms. The van der Waals surface area contributed by atoms with Crippen LogP contribution in [0.15, 0.2) is 24.3 Å². The van der Waals surface area contributed by atoms with E-state index in [1.165, 1.54) is 18.2 Å². The van der Waals surface area contributed by atoms with Crippen LogP contribution in [0.4, 0.5) is 37.7 Å². The van der Waals surface area contributed by atoms with Gasteiger partial charge in [-0.3, -0.25) is 4.79 Å². The number of para-hydroxylation sites is 2. The first-order valence-corrected chi connectivity index (χ1v) is 5.21. The molecule has 0 fully saturated rings. The summed E-state index contributed by atoms with van der Waals surface area (Å²) in [5, 5.41) is 0. The zero-order valence-electron chi connectivity index (χ0n) is 10.1. The van der Waals surface area contributed by atoms with E-state index in [0.717, 1.165) is 13.1 Å². The van der Waals surface area contributed by atoms with Crippen molar-refractivity contribution in [2.45, 2.75) is 12.4 Å². The molecule has 1 amide bonds. The van der Waals surface area contributed by atoms with Gasteiger partial charge in [-0.05, 0) is 12.1 Å². The van der Waals surface area contributed by atoms with Crippen LogP contribution in [0.2, 0.25) is 0 Å². The lowest BCUT2D eigenvalue weighted by Gasteiger charge is -2.27. The van der Waals surface area contributed by atoms with Crippen LogP contribution in [0, 0.1) is 5.92 Å². The molecule has 0 unspecified atom stereocenters. The molecule has 0 spiro atoms. The molecule has 0 heterocycles. The quantitative estimate of drug-likeness (QED) is 0.674. The Morgan fingerprint density at radius 1 is 1.10 bits per heavy atom. The largest absolute Gasteiger partial charge is 0.409 e. The highest BCUT2D eigenvalue weighted by molar-refractivity contribution is 5.98. The first-order valence-electron chi connectivity index (χ1n) is 5.21. The number of benzene rings is 1. The lowest BCUT2D eigenvalue weighted by molar-refractivity contribution is -0.273. The molecule has 0 bridgehead atoms. The number of halogens is 6. The number of alkyl halides is 6. The molecule has 3 nitrogen and oxygen atoms in total. The van der Waals surface area contributed by atoms with Crippen molar-refractivity contribution < 1.29 is 31.1 Å². The molecule has 1 rings (SSSR count). The number of anilines is 2. The molecule has 112 valence electrons. The molecule has 0 aromatic heterocycles. The highest BCUT2D eigenvalue weighted by Gasteiger charge is 2.61. The van der Waals surface area contributed by atoms with E-state index < -0.39 is 24.2 Å². The number of nitrogen functional groups attached to an aromatic ring is 1. The highest BCUT2D eigenvalue weighted by atomic mass is 19.4. The van der Waals surface area contributed by atoms with Crippen LogP contribution >= 0.6 is 0 Å². The van der Waals surface area contributed by atoms with Crippen LogP contribution in [0.5, 0.6) is 0 Å². The van der Waals surface area contributed by atoms with Gasteiger partial charge in [-0.2, -0.15) is 26.3 Å². The van der Waals surface area contributed by atoms with Gasteiger partial charge in [-0.1, -0.05) is 12.1 Å². The number of hydrogen-bond acceptors (Lipinski definition) is 2. The summed E-state index contributed by atoms with van der Waals surface area (Å²) < 4.78 is 74.7. The molecule has 0 saturated carbocycles. The molecule has 0 radical (unpaired) electrons. The molecule has 9 heteroatoms. The van der Waals surface area contributed by atoms with Crippen LogP contribution < -0.4 is 10.6 Å². The van der Waals surface area contributed by atoms with Crippen molar-refractivity contribution in [1.29, 1.82) is 0 Å². The second-order valence-corrected chi connectivity index (χ2v) is 3.97. The van der Waals surface area contributed by atoms with Gasteiger partial charge in [-0.15, -0.1) is 0 Å². The zero-order valence-corrected chi connectivity index (χ0v) is 10.1. The third-order valence-electron chi connectivity index (χ3n) is 2.53. The van der Waals surface area contributed by atoms with Gasteiger partial charge in [0.1, 0.15) is 0 Å². The van der Waals surface area contributed by atoms with Crippen LogP contribution in [0.25, 0.3) is 0 Å². The van der Waals surface area contributed by atoms with Crippen LogP contribution in [0.1, 0.15) is 0 Å². The number of nitrogens with zero attached hydrogens (tertiary/aromatic N) is 1. The molecular formula is C11H10F6N2O. The van der Waals surface area contributed by atoms with E-state index in [9.17, 15) is 31.1 Å². The maximum absolute atomic E-state index is 12.4. The van der Waals surface area contributed by atoms with Crippen molar-refractivity contribution in [3.63, 3.8) is 0 Å². The number of nitrogens with two attached hydrogens (primary N) is 1. The minimum Gasteiger partial charge on any atom is -0.397 e. The highest BCUT2D eigenvalue weighted by Crippen LogP contribution is 2.41. The minimum atomic E-state index is -5.73. The summed E-state index contributed by atoms with van der Waals surface area (Å²) in [4.78, 5) is 11.8. The van der Waals surface area contributed by atoms with Gasteiger partial charge in [-0.25, -0.2) is 0 Å². The fourth-order valence-electron chi connectivity index (χ4n) is 1.57. The normalized spacial score (nSPS) is 12.6. The number of carbonyl (C=O) groups is 1. The van der Waals surface area contributed by atoms with Crippen LogP contribution in [0.3, 0.4) is 0 Å². The molecule has 1 aromatic carbocycles. The lowest BCUT2D eigenvalue weighted by atomic mass is 10.1. The Morgan fingerprint density at radius 3 is 1.95 bits per heavy atom. The first-order chi connectivity index (χ1) is 8.96. The molecular weight excluding hydrogens is 290 g/mol. The van der Waals surface area contributed by atoms with Gasteiger partial charge >= 0.3 is 12.4 Å². The van der Waals surface area contributed by atoms with Gasteiger partial charge in [0.2, 0.25) is 11.8 Å². The predicted molar refractivity (Wildman–Crippen MR) is 59.9 cm³/mol. The Hall–Kier alpha value is -1.93. The van der Waals surface area contributed by atoms with E-state index in [1.807, 2.05) is 0 Å². The van der Waals surface area contributed by atoms with E-state index in [2.05, 4.69) is 0 Å².